The highest BCUT2D eigenvalue weighted by atomic mass is 16.5. The summed E-state index contributed by atoms with van der Waals surface area (Å²) in [5, 5.41) is 7.77. The van der Waals surface area contributed by atoms with E-state index in [-0.39, 0.29) is 16.2 Å². The Morgan fingerprint density at radius 1 is 0.529 bits per heavy atom. The van der Waals surface area contributed by atoms with Crippen molar-refractivity contribution in [2.24, 2.45) is 0 Å². The lowest BCUT2D eigenvalue weighted by Crippen LogP contribution is -2.34. The molecule has 0 spiro atoms. The highest BCUT2D eigenvalue weighted by Crippen LogP contribution is 2.43. The van der Waals surface area contributed by atoms with Crippen LogP contribution in [0.5, 0.6) is 11.5 Å². The van der Waals surface area contributed by atoms with Crippen LogP contribution in [0, 0.1) is 13.3 Å². The number of hydrogen-bond acceptors (Lipinski definition) is 3. The van der Waals surface area contributed by atoms with Crippen molar-refractivity contribution < 1.29 is 9.42 Å². The van der Waals surface area contributed by atoms with Gasteiger partial charge < -0.3 is 4.74 Å². The first-order valence-corrected chi connectivity index (χ1v) is 23.7. The Morgan fingerprint density at radius 3 is 1.84 bits per heavy atom. The van der Waals surface area contributed by atoms with Crippen LogP contribution in [0.1, 0.15) is 84.6 Å². The molecule has 68 heavy (non-hydrogen) atoms. The SMILES string of the molecule is Cc1cccc(-c2ccccc2)c1-c1n[n+](-c2cc(C(C)(C)C)cc(C(C)(C)C)c2)[c-]n1-c1cccc(Oc2cc(-c3ccccc3)c3c4ccccc4n(-c4cc(C(C)(C)C)ccn4)c3c2)c1. The molecule has 0 unspecified atom stereocenters. The van der Waals surface area contributed by atoms with Crippen LogP contribution in [0.15, 0.2) is 176 Å². The highest BCUT2D eigenvalue weighted by Gasteiger charge is 2.26. The van der Waals surface area contributed by atoms with E-state index < -0.39 is 0 Å². The van der Waals surface area contributed by atoms with Gasteiger partial charge >= 0.3 is 0 Å². The molecule has 3 heterocycles. The summed E-state index contributed by atoms with van der Waals surface area (Å²) in [4.78, 5) is 4.99. The molecule has 0 aliphatic heterocycles. The van der Waals surface area contributed by atoms with E-state index in [1.807, 2.05) is 16.9 Å². The molecule has 0 aliphatic rings. The van der Waals surface area contributed by atoms with E-state index in [9.17, 15) is 0 Å². The van der Waals surface area contributed by atoms with Crippen molar-refractivity contribution >= 4 is 21.8 Å². The molecule has 338 valence electrons. The van der Waals surface area contributed by atoms with E-state index in [0.717, 1.165) is 78.2 Å². The number of fused-ring (bicyclic) bond motifs is 3. The summed E-state index contributed by atoms with van der Waals surface area (Å²) in [6, 6.07) is 60.1. The molecule has 0 saturated carbocycles. The lowest BCUT2D eigenvalue weighted by Gasteiger charge is -2.26. The highest BCUT2D eigenvalue weighted by molar-refractivity contribution is 6.16. The van der Waals surface area contributed by atoms with E-state index in [0.29, 0.717) is 11.5 Å². The van der Waals surface area contributed by atoms with Crippen LogP contribution in [0.25, 0.3) is 72.6 Å². The maximum absolute atomic E-state index is 7.05. The third kappa shape index (κ3) is 8.40. The first-order chi connectivity index (χ1) is 32.5. The second kappa shape index (κ2) is 16.9. The Labute approximate surface area is 401 Å². The van der Waals surface area contributed by atoms with Crippen molar-refractivity contribution in [3.8, 4) is 62.3 Å². The smallest absolute Gasteiger partial charge is 0.273 e. The maximum Gasteiger partial charge on any atom is 0.273 e. The fraction of sp³-hybridized carbons (Fsp3) is 0.210. The molecule has 0 radical (unpaired) electrons. The molecule has 6 nitrogen and oxygen atoms in total. The van der Waals surface area contributed by atoms with Gasteiger partial charge in [0, 0.05) is 28.6 Å². The summed E-state index contributed by atoms with van der Waals surface area (Å²) < 4.78 is 13.3. The van der Waals surface area contributed by atoms with Crippen LogP contribution in [0.3, 0.4) is 0 Å². The molecule has 10 rings (SSSR count). The average molecular weight is 890 g/mol. The molecular weight excluding hydrogens is 831 g/mol. The Bertz CT molecular complexity index is 3450. The van der Waals surface area contributed by atoms with Crippen LogP contribution >= 0.6 is 0 Å². The lowest BCUT2D eigenvalue weighted by molar-refractivity contribution is -0.660. The molecule has 7 aromatic carbocycles. The summed E-state index contributed by atoms with van der Waals surface area (Å²) in [6.45, 7) is 22.5. The van der Waals surface area contributed by atoms with Gasteiger partial charge in [-0.05, 0) is 104 Å². The van der Waals surface area contributed by atoms with Crippen LogP contribution in [0.2, 0.25) is 0 Å². The predicted molar refractivity (Wildman–Crippen MR) is 280 cm³/mol. The fourth-order valence-corrected chi connectivity index (χ4v) is 9.23. The van der Waals surface area contributed by atoms with Crippen molar-refractivity contribution in [2.45, 2.75) is 85.5 Å². The first-order valence-electron chi connectivity index (χ1n) is 23.7. The van der Waals surface area contributed by atoms with Crippen LogP contribution in [-0.4, -0.2) is 19.2 Å². The second-order valence-corrected chi connectivity index (χ2v) is 21.1. The van der Waals surface area contributed by atoms with E-state index in [1.165, 1.54) is 16.7 Å². The maximum atomic E-state index is 7.05. The minimum absolute atomic E-state index is 0.0507. The minimum Gasteiger partial charge on any atom is -0.458 e. The van der Waals surface area contributed by atoms with E-state index >= 15 is 0 Å². The van der Waals surface area contributed by atoms with Gasteiger partial charge in [0.15, 0.2) is 5.82 Å². The van der Waals surface area contributed by atoms with Crippen LogP contribution in [-0.2, 0) is 16.2 Å². The quantitative estimate of drug-likeness (QED) is 0.113. The molecule has 6 heteroatoms. The standard InChI is InChI=1S/C62H59N5O/c1-41-21-19-29-51(42-22-13-11-14-23-42)57(41)59-64-66(48-34-45(61(5,6)7)33-46(35-48)62(8,9)10)40-65(59)47-26-20-27-49(37-47)68-50-38-53(43-24-15-12-16-25-43)58-52-28-17-18-30-54(52)67(55(58)39-50)56-36-44(31-32-63-56)60(2,3)4/h11-39H,1-10H3. The molecule has 0 fully saturated rings. The molecule has 0 amide bonds. The summed E-state index contributed by atoms with van der Waals surface area (Å²) in [5.41, 5.74) is 14.0. The van der Waals surface area contributed by atoms with Crippen molar-refractivity contribution in [3.05, 3.63) is 205 Å². The number of benzene rings is 7. The molecule has 10 aromatic rings. The van der Waals surface area contributed by atoms with Crippen molar-refractivity contribution in [1.82, 2.24) is 19.2 Å². The van der Waals surface area contributed by atoms with E-state index in [4.69, 9.17) is 14.8 Å². The van der Waals surface area contributed by atoms with Gasteiger partial charge in [0.25, 0.3) is 6.33 Å². The van der Waals surface area contributed by atoms with Gasteiger partial charge in [-0.25, -0.2) is 4.98 Å². The minimum atomic E-state index is -0.0745. The van der Waals surface area contributed by atoms with Gasteiger partial charge in [0.05, 0.1) is 22.4 Å². The van der Waals surface area contributed by atoms with Crippen LogP contribution < -0.4 is 9.42 Å². The number of hydrogen-bond donors (Lipinski definition) is 0. The largest absolute Gasteiger partial charge is 0.458 e. The lowest BCUT2D eigenvalue weighted by atomic mass is 9.80. The van der Waals surface area contributed by atoms with Crippen molar-refractivity contribution in [2.75, 3.05) is 0 Å². The summed E-state index contributed by atoms with van der Waals surface area (Å²) in [6.07, 6.45) is 5.66. The molecular formula is C62H59N5O. The number of aromatic nitrogens is 5. The third-order valence-electron chi connectivity index (χ3n) is 13.1. The number of aryl methyl sites for hydroxylation is 1. The number of nitrogens with zero attached hydrogens (tertiary/aromatic N) is 5. The number of para-hydroxylation sites is 1. The Hall–Kier alpha value is -7.57. The summed E-state index contributed by atoms with van der Waals surface area (Å²) >= 11 is 0. The van der Waals surface area contributed by atoms with Gasteiger partial charge in [-0.15, -0.1) is 5.10 Å². The third-order valence-corrected chi connectivity index (χ3v) is 13.1. The van der Waals surface area contributed by atoms with Crippen LogP contribution in [0.4, 0.5) is 0 Å². The second-order valence-electron chi connectivity index (χ2n) is 21.1. The monoisotopic (exact) mass is 889 g/mol. The first kappa shape index (κ1) is 44.3. The van der Waals surface area contributed by atoms with Gasteiger partial charge in [-0.1, -0.05) is 190 Å². The zero-order chi connectivity index (χ0) is 47.5. The van der Waals surface area contributed by atoms with E-state index in [1.54, 1.807) is 0 Å². The average Bonchev–Trinajstić information content (AvgIpc) is 3.91. The fourth-order valence-electron chi connectivity index (χ4n) is 9.23. The number of pyridine rings is 1. The molecule has 3 aromatic heterocycles. The Morgan fingerprint density at radius 2 is 1.16 bits per heavy atom. The van der Waals surface area contributed by atoms with Crippen molar-refractivity contribution in [3.63, 3.8) is 0 Å². The van der Waals surface area contributed by atoms with Gasteiger partial charge in [0.1, 0.15) is 17.3 Å². The van der Waals surface area contributed by atoms with E-state index in [2.05, 4.69) is 248 Å². The molecule has 0 saturated heterocycles. The van der Waals surface area contributed by atoms with Gasteiger partial charge in [-0.2, -0.15) is 4.68 Å². The molecule has 0 N–H and O–H groups in total. The van der Waals surface area contributed by atoms with Gasteiger partial charge in [-0.3, -0.25) is 9.13 Å². The summed E-state index contributed by atoms with van der Waals surface area (Å²) in [5.74, 6) is 3.05. The predicted octanol–water partition coefficient (Wildman–Crippen LogP) is 15.4. The molecule has 0 bridgehead atoms. The zero-order valence-corrected chi connectivity index (χ0v) is 40.9. The molecule has 0 atom stereocenters. The van der Waals surface area contributed by atoms with Crippen molar-refractivity contribution in [1.29, 1.82) is 0 Å². The Kier molecular flexibility index (Phi) is 11.0. The molecule has 0 aliphatic carbocycles. The normalized spacial score (nSPS) is 12.3. The topological polar surface area (TPSA) is 48.8 Å². The van der Waals surface area contributed by atoms with Gasteiger partial charge in [0.2, 0.25) is 0 Å². The zero-order valence-electron chi connectivity index (χ0n) is 40.9. The Balaban J connectivity index is 1.16. The number of rotatable bonds is 8. The number of ether oxygens (including phenoxy) is 1. The summed E-state index contributed by atoms with van der Waals surface area (Å²) in [7, 11) is 0.